The second-order valence-electron chi connectivity index (χ2n) is 10.4. The van der Waals surface area contributed by atoms with E-state index >= 15 is 0 Å². The standard InChI is InChI=1S/C33H41N3O10/c1-23(37)44-21-30(40)35-19-29(36-31(41)22-45-24(2)38)33(43)34-17-16-32(42)46-20-28(39)18-27-14-12-26(13-15-27)11-7-6-10-25-8-4-3-5-9-25/h3-5,8-9,12-15,29H,6-7,10-11,16-22H2,1-2H3,(H,34,43)(H,35,40)(H,36,41)/t29-/m0/s1. The molecular formula is C33H41N3O10. The first kappa shape index (κ1) is 37.1. The van der Waals surface area contributed by atoms with Gasteiger partial charge in [-0.3, -0.25) is 33.6 Å². The Morgan fingerprint density at radius 3 is 1.83 bits per heavy atom. The van der Waals surface area contributed by atoms with E-state index in [0.717, 1.165) is 45.1 Å². The summed E-state index contributed by atoms with van der Waals surface area (Å²) in [5.74, 6) is -4.67. The van der Waals surface area contributed by atoms with Crippen LogP contribution in [0.4, 0.5) is 0 Å². The number of ketones is 1. The van der Waals surface area contributed by atoms with Crippen LogP contribution in [0.3, 0.4) is 0 Å². The van der Waals surface area contributed by atoms with Crippen LogP contribution < -0.4 is 16.0 Å². The second kappa shape index (κ2) is 20.8. The lowest BCUT2D eigenvalue weighted by atomic mass is 10.0. The number of carbonyl (C=O) groups excluding carboxylic acids is 7. The van der Waals surface area contributed by atoms with E-state index in [1.807, 2.05) is 42.5 Å². The first-order chi connectivity index (χ1) is 22.0. The van der Waals surface area contributed by atoms with Gasteiger partial charge >= 0.3 is 17.9 Å². The molecule has 3 amide bonds. The van der Waals surface area contributed by atoms with E-state index in [4.69, 9.17) is 4.74 Å². The zero-order valence-corrected chi connectivity index (χ0v) is 26.1. The minimum Gasteiger partial charge on any atom is -0.458 e. The molecule has 0 bridgehead atoms. The molecule has 2 rings (SSSR count). The van der Waals surface area contributed by atoms with Crippen LogP contribution in [-0.4, -0.2) is 80.4 Å². The van der Waals surface area contributed by atoms with Crippen molar-refractivity contribution >= 4 is 41.4 Å². The summed E-state index contributed by atoms with van der Waals surface area (Å²) < 4.78 is 14.2. The number of hydrogen-bond acceptors (Lipinski definition) is 10. The number of hydrogen-bond donors (Lipinski definition) is 3. The van der Waals surface area contributed by atoms with Crippen LogP contribution in [0, 0.1) is 0 Å². The molecule has 0 aliphatic heterocycles. The number of benzene rings is 2. The molecule has 0 radical (unpaired) electrons. The highest BCUT2D eigenvalue weighted by molar-refractivity contribution is 5.90. The van der Waals surface area contributed by atoms with Crippen molar-refractivity contribution in [2.75, 3.05) is 32.9 Å². The summed E-state index contributed by atoms with van der Waals surface area (Å²) in [7, 11) is 0. The van der Waals surface area contributed by atoms with Crippen molar-refractivity contribution in [2.24, 2.45) is 0 Å². The minimum absolute atomic E-state index is 0.107. The second-order valence-corrected chi connectivity index (χ2v) is 10.4. The van der Waals surface area contributed by atoms with Gasteiger partial charge in [-0.1, -0.05) is 54.6 Å². The third kappa shape index (κ3) is 16.7. The number of aryl methyl sites for hydroxylation is 2. The van der Waals surface area contributed by atoms with Crippen LogP contribution in [0.15, 0.2) is 54.6 Å². The summed E-state index contributed by atoms with van der Waals surface area (Å²) in [6.45, 7) is -0.00341. The Bertz CT molecular complexity index is 1330. The fourth-order valence-corrected chi connectivity index (χ4v) is 4.10. The Morgan fingerprint density at radius 2 is 1.22 bits per heavy atom. The van der Waals surface area contributed by atoms with Gasteiger partial charge in [-0.05, 0) is 42.4 Å². The lowest BCUT2D eigenvalue weighted by Crippen LogP contribution is -2.54. The van der Waals surface area contributed by atoms with E-state index in [2.05, 4.69) is 37.6 Å². The highest BCUT2D eigenvalue weighted by Crippen LogP contribution is 2.11. The molecule has 46 heavy (non-hydrogen) atoms. The lowest BCUT2D eigenvalue weighted by molar-refractivity contribution is -0.148. The largest absolute Gasteiger partial charge is 0.458 e. The third-order valence-corrected chi connectivity index (χ3v) is 6.44. The van der Waals surface area contributed by atoms with Gasteiger partial charge in [-0.15, -0.1) is 0 Å². The van der Waals surface area contributed by atoms with E-state index in [-0.39, 0.29) is 31.7 Å². The number of Topliss-reactive ketones (excluding diaryl/α,β-unsaturated/α-hetero) is 1. The van der Waals surface area contributed by atoms with Crippen molar-refractivity contribution in [3.8, 4) is 0 Å². The number of amides is 3. The fraction of sp³-hybridized carbons (Fsp3) is 0.424. The molecule has 13 nitrogen and oxygen atoms in total. The van der Waals surface area contributed by atoms with Gasteiger partial charge in [0.25, 0.3) is 11.8 Å². The van der Waals surface area contributed by atoms with Crippen molar-refractivity contribution in [3.63, 3.8) is 0 Å². The molecule has 0 saturated heterocycles. The molecule has 0 unspecified atom stereocenters. The number of unbranched alkanes of at least 4 members (excludes halogenated alkanes) is 1. The molecule has 0 aliphatic carbocycles. The molecule has 0 heterocycles. The number of ether oxygens (including phenoxy) is 3. The summed E-state index contributed by atoms with van der Waals surface area (Å²) in [6.07, 6.45) is 3.98. The van der Waals surface area contributed by atoms with Gasteiger partial charge in [-0.2, -0.15) is 0 Å². The van der Waals surface area contributed by atoms with Crippen LogP contribution >= 0.6 is 0 Å². The summed E-state index contributed by atoms with van der Waals surface area (Å²) in [4.78, 5) is 82.8. The summed E-state index contributed by atoms with van der Waals surface area (Å²) in [6, 6.07) is 16.8. The summed E-state index contributed by atoms with van der Waals surface area (Å²) >= 11 is 0. The summed E-state index contributed by atoms with van der Waals surface area (Å²) in [5, 5.41) is 7.07. The van der Waals surface area contributed by atoms with E-state index in [1.165, 1.54) is 11.1 Å². The monoisotopic (exact) mass is 639 g/mol. The number of carbonyl (C=O) groups is 7. The molecule has 2 aromatic carbocycles. The number of nitrogens with one attached hydrogen (secondary N) is 3. The Morgan fingerprint density at radius 1 is 0.652 bits per heavy atom. The van der Waals surface area contributed by atoms with Crippen LogP contribution in [0.1, 0.15) is 49.8 Å². The maximum Gasteiger partial charge on any atom is 0.308 e. The molecule has 0 aromatic heterocycles. The number of esters is 3. The van der Waals surface area contributed by atoms with Gasteiger partial charge in [-0.25, -0.2) is 0 Å². The van der Waals surface area contributed by atoms with E-state index < -0.39 is 61.5 Å². The van der Waals surface area contributed by atoms with Crippen LogP contribution in [-0.2, 0) is 67.0 Å². The maximum absolute atomic E-state index is 12.6. The average Bonchev–Trinajstić information content (AvgIpc) is 3.03. The SMILES string of the molecule is CC(=O)OCC(=O)NC[C@H](NC(=O)COC(C)=O)C(=O)NCCC(=O)OCC(=O)Cc1ccc(CCCCc2ccccc2)cc1. The summed E-state index contributed by atoms with van der Waals surface area (Å²) in [5.41, 5.74) is 3.32. The highest BCUT2D eigenvalue weighted by Gasteiger charge is 2.22. The molecule has 3 N–H and O–H groups in total. The highest BCUT2D eigenvalue weighted by atomic mass is 16.5. The van der Waals surface area contributed by atoms with E-state index in [9.17, 15) is 33.6 Å². The van der Waals surface area contributed by atoms with Crippen molar-refractivity contribution in [1.29, 1.82) is 0 Å². The van der Waals surface area contributed by atoms with Gasteiger partial charge in [0, 0.05) is 33.4 Å². The van der Waals surface area contributed by atoms with Crippen LogP contribution in [0.25, 0.3) is 0 Å². The number of rotatable bonds is 20. The first-order valence-corrected chi connectivity index (χ1v) is 14.9. The molecule has 13 heteroatoms. The molecule has 0 aliphatic rings. The molecule has 0 spiro atoms. The average molecular weight is 640 g/mol. The predicted octanol–water partition coefficient (Wildman–Crippen LogP) is 1.14. The smallest absolute Gasteiger partial charge is 0.308 e. The zero-order chi connectivity index (χ0) is 33.7. The minimum atomic E-state index is -1.30. The lowest BCUT2D eigenvalue weighted by Gasteiger charge is -2.19. The van der Waals surface area contributed by atoms with E-state index in [0.29, 0.717) is 0 Å². The van der Waals surface area contributed by atoms with Crippen LogP contribution in [0.2, 0.25) is 0 Å². The molecule has 0 fully saturated rings. The third-order valence-electron chi connectivity index (χ3n) is 6.44. The van der Waals surface area contributed by atoms with Gasteiger partial charge in [0.15, 0.2) is 19.0 Å². The Balaban J connectivity index is 1.70. The topological polar surface area (TPSA) is 183 Å². The van der Waals surface area contributed by atoms with Gasteiger partial charge in [0.2, 0.25) is 5.91 Å². The van der Waals surface area contributed by atoms with Gasteiger partial charge < -0.3 is 30.2 Å². The van der Waals surface area contributed by atoms with Crippen molar-refractivity contribution < 1.29 is 47.8 Å². The predicted molar refractivity (Wildman–Crippen MR) is 165 cm³/mol. The fourth-order valence-electron chi connectivity index (χ4n) is 4.10. The Kier molecular flexibility index (Phi) is 16.8. The van der Waals surface area contributed by atoms with Gasteiger partial charge in [0.1, 0.15) is 12.6 Å². The molecule has 248 valence electrons. The van der Waals surface area contributed by atoms with Crippen molar-refractivity contribution in [2.45, 2.75) is 58.4 Å². The van der Waals surface area contributed by atoms with Crippen LogP contribution in [0.5, 0.6) is 0 Å². The Labute approximate surface area is 267 Å². The van der Waals surface area contributed by atoms with Gasteiger partial charge in [0.05, 0.1) is 6.42 Å². The molecule has 0 saturated carbocycles. The molecule has 1 atom stereocenters. The normalized spacial score (nSPS) is 11.0. The van der Waals surface area contributed by atoms with E-state index in [1.54, 1.807) is 0 Å². The quantitative estimate of drug-likeness (QED) is 0.108. The first-order valence-electron chi connectivity index (χ1n) is 14.9. The Hall–Kier alpha value is -5.07. The maximum atomic E-state index is 12.6. The zero-order valence-electron chi connectivity index (χ0n) is 26.1. The molecule has 2 aromatic rings. The molecular weight excluding hydrogens is 598 g/mol. The van der Waals surface area contributed by atoms with Crippen molar-refractivity contribution in [3.05, 3.63) is 71.3 Å². The van der Waals surface area contributed by atoms with Crippen molar-refractivity contribution in [1.82, 2.24) is 16.0 Å².